The number of nitrogens with zero attached hydrogens (tertiary/aromatic N) is 2. The Morgan fingerprint density at radius 2 is 1.59 bits per heavy atom. The Morgan fingerprint density at radius 1 is 1.00 bits per heavy atom. The van der Waals surface area contributed by atoms with Crippen LogP contribution in [0.1, 0.15) is 29.3 Å². The van der Waals surface area contributed by atoms with Gasteiger partial charge in [-0.3, -0.25) is 24.5 Å². The molecule has 1 aliphatic rings. The van der Waals surface area contributed by atoms with Crippen LogP contribution < -0.4 is 16.0 Å². The lowest BCUT2D eigenvalue weighted by molar-refractivity contribution is -0.579. The summed E-state index contributed by atoms with van der Waals surface area (Å²) in [6.45, 7) is -1.17. The van der Waals surface area contributed by atoms with E-state index in [-0.39, 0.29) is 13.0 Å². The van der Waals surface area contributed by atoms with E-state index in [1.54, 1.807) is 19.2 Å². The summed E-state index contributed by atoms with van der Waals surface area (Å²) in [7, 11) is 1.57. The molecule has 41 heavy (non-hydrogen) atoms. The summed E-state index contributed by atoms with van der Waals surface area (Å²) in [5, 5.41) is 22.8. The van der Waals surface area contributed by atoms with Gasteiger partial charge in [0.05, 0.1) is 20.1 Å². The lowest BCUT2D eigenvalue weighted by Crippen LogP contribution is -2.52. The molecule has 3 atom stereocenters. The Hall–Kier alpha value is -4.58. The molecule has 2 heterocycles. The number of H-pyrrole nitrogens is 1. The van der Waals surface area contributed by atoms with Crippen molar-refractivity contribution in [1.82, 2.24) is 9.55 Å². The quantitative estimate of drug-likeness (QED) is 0.171. The van der Waals surface area contributed by atoms with E-state index in [1.807, 2.05) is 72.8 Å². The molecule has 2 N–H and O–H groups in total. The zero-order chi connectivity index (χ0) is 29.0. The highest BCUT2D eigenvalue weighted by molar-refractivity contribution is 5.48. The lowest BCUT2D eigenvalue weighted by atomic mass is 9.80. The van der Waals surface area contributed by atoms with E-state index in [0.29, 0.717) is 5.75 Å². The Balaban J connectivity index is 1.61. The van der Waals surface area contributed by atoms with Crippen LogP contribution in [-0.2, 0) is 15.1 Å². The summed E-state index contributed by atoms with van der Waals surface area (Å²) < 4.78 is 19.3. The van der Waals surface area contributed by atoms with Crippen molar-refractivity contribution in [2.45, 2.75) is 29.9 Å². The van der Waals surface area contributed by atoms with Crippen molar-refractivity contribution in [3.8, 4) is 5.75 Å². The summed E-state index contributed by atoms with van der Waals surface area (Å²) in [6, 6.07) is 27.3. The van der Waals surface area contributed by atoms with Crippen LogP contribution in [0.15, 0.2) is 107 Å². The lowest BCUT2D eigenvalue weighted by Gasteiger charge is -2.37. The van der Waals surface area contributed by atoms with Crippen LogP contribution in [0.5, 0.6) is 5.75 Å². The highest BCUT2D eigenvalue weighted by atomic mass is 16.6. The van der Waals surface area contributed by atoms with Gasteiger partial charge in [-0.25, -0.2) is 4.79 Å². The maximum Gasteiger partial charge on any atom is 0.330 e. The molecule has 3 aromatic carbocycles. The van der Waals surface area contributed by atoms with Crippen LogP contribution in [-0.4, -0.2) is 51.5 Å². The van der Waals surface area contributed by atoms with Gasteiger partial charge in [0.15, 0.2) is 6.10 Å². The highest BCUT2D eigenvalue weighted by Crippen LogP contribution is 2.44. The van der Waals surface area contributed by atoms with E-state index >= 15 is 0 Å². The SMILES string of the molecule is COc1ccc(C(OC[C@H]2O[C@@H](n3ccc(=O)[nH]c3=O)C[C@@]2(CO)[N+](=O)[O-])(c2ccccc2)c2ccccc2)cc1. The average Bonchev–Trinajstić information content (AvgIpc) is 3.38. The topological polar surface area (TPSA) is 146 Å². The Kier molecular flexibility index (Phi) is 7.84. The summed E-state index contributed by atoms with van der Waals surface area (Å²) in [5.41, 5.74) is -2.33. The van der Waals surface area contributed by atoms with Crippen LogP contribution in [0.4, 0.5) is 0 Å². The van der Waals surface area contributed by atoms with Gasteiger partial charge in [0.25, 0.3) is 11.1 Å². The van der Waals surface area contributed by atoms with E-state index in [4.69, 9.17) is 14.2 Å². The number of nitro groups is 1. The molecule has 0 radical (unpaired) electrons. The number of methoxy groups -OCH3 is 1. The molecule has 1 fully saturated rings. The van der Waals surface area contributed by atoms with Crippen LogP contribution >= 0.6 is 0 Å². The predicted molar refractivity (Wildman–Crippen MR) is 148 cm³/mol. The number of aromatic amines is 1. The molecule has 11 nitrogen and oxygen atoms in total. The molecule has 11 heteroatoms. The van der Waals surface area contributed by atoms with Gasteiger partial charge in [0, 0.05) is 17.2 Å². The molecule has 0 amide bonds. The molecule has 0 aliphatic carbocycles. The Morgan fingerprint density at radius 3 is 2.10 bits per heavy atom. The summed E-state index contributed by atoms with van der Waals surface area (Å²) in [4.78, 5) is 38.1. The van der Waals surface area contributed by atoms with Crippen LogP contribution in [0.2, 0.25) is 0 Å². The predicted octanol–water partition coefficient (Wildman–Crippen LogP) is 2.85. The van der Waals surface area contributed by atoms with E-state index in [1.165, 1.54) is 6.20 Å². The van der Waals surface area contributed by atoms with Crippen molar-refractivity contribution in [1.29, 1.82) is 0 Å². The number of aliphatic hydroxyl groups is 1. The van der Waals surface area contributed by atoms with Crippen molar-refractivity contribution in [2.24, 2.45) is 0 Å². The zero-order valence-corrected chi connectivity index (χ0v) is 22.2. The van der Waals surface area contributed by atoms with Gasteiger partial charge in [0.1, 0.15) is 24.2 Å². The molecule has 0 saturated carbocycles. The third kappa shape index (κ3) is 5.06. The fourth-order valence-electron chi connectivity index (χ4n) is 5.35. The number of benzene rings is 3. The molecular formula is C30H29N3O8. The van der Waals surface area contributed by atoms with Gasteiger partial charge in [-0.1, -0.05) is 72.8 Å². The second-order valence-electron chi connectivity index (χ2n) is 9.77. The smallest absolute Gasteiger partial charge is 0.330 e. The number of rotatable bonds is 10. The number of nitrogens with one attached hydrogen (secondary N) is 1. The molecule has 1 aliphatic heterocycles. The van der Waals surface area contributed by atoms with Crippen molar-refractivity contribution >= 4 is 0 Å². The third-order valence-electron chi connectivity index (χ3n) is 7.56. The fourth-order valence-corrected chi connectivity index (χ4v) is 5.35. The minimum Gasteiger partial charge on any atom is -0.497 e. The largest absolute Gasteiger partial charge is 0.497 e. The molecule has 0 bridgehead atoms. The number of hydrogen-bond donors (Lipinski definition) is 2. The molecule has 212 valence electrons. The first-order chi connectivity index (χ1) is 19.8. The number of aliphatic hydroxyl groups excluding tert-OH is 1. The van der Waals surface area contributed by atoms with E-state index in [2.05, 4.69) is 4.98 Å². The average molecular weight is 560 g/mol. The van der Waals surface area contributed by atoms with Gasteiger partial charge in [0.2, 0.25) is 0 Å². The standard InChI is InChI=1S/C30H29N3O8/c1-39-24-14-12-23(13-15-24)30(21-8-4-2-5-9-21,22-10-6-3-7-11-22)40-19-25-29(20-34,33(37)38)18-27(41-25)32-17-16-26(35)31-28(32)36/h2-17,25,27,34H,18-20H2,1H3,(H,31,35,36)/t25-,27-,29+/m1/s1. The number of hydrogen-bond acceptors (Lipinski definition) is 8. The third-order valence-corrected chi connectivity index (χ3v) is 7.56. The van der Waals surface area contributed by atoms with Crippen LogP contribution in [0.3, 0.4) is 0 Å². The first-order valence-electron chi connectivity index (χ1n) is 13.0. The Bertz CT molecular complexity index is 1570. The van der Waals surface area contributed by atoms with Gasteiger partial charge >= 0.3 is 5.69 Å². The second-order valence-corrected chi connectivity index (χ2v) is 9.77. The molecular weight excluding hydrogens is 530 g/mol. The minimum atomic E-state index is -1.97. The van der Waals surface area contributed by atoms with Gasteiger partial charge in [-0.2, -0.15) is 0 Å². The zero-order valence-electron chi connectivity index (χ0n) is 22.2. The summed E-state index contributed by atoms with van der Waals surface area (Å²) >= 11 is 0. The van der Waals surface area contributed by atoms with E-state index in [0.717, 1.165) is 27.3 Å². The Labute approximate surface area is 234 Å². The second kappa shape index (κ2) is 11.5. The first-order valence-corrected chi connectivity index (χ1v) is 13.0. The molecule has 1 aromatic heterocycles. The van der Waals surface area contributed by atoms with Crippen molar-refractivity contribution in [2.75, 3.05) is 20.3 Å². The summed E-state index contributed by atoms with van der Waals surface area (Å²) in [5.74, 6) is 0.643. The van der Waals surface area contributed by atoms with Gasteiger partial charge in [-0.15, -0.1) is 0 Å². The maximum absolute atomic E-state index is 12.5. The summed E-state index contributed by atoms with van der Waals surface area (Å²) in [6.07, 6.45) is -1.47. The molecule has 0 spiro atoms. The van der Waals surface area contributed by atoms with E-state index < -0.39 is 46.3 Å². The number of aromatic nitrogens is 2. The van der Waals surface area contributed by atoms with Crippen LogP contribution in [0, 0.1) is 10.1 Å². The van der Waals surface area contributed by atoms with Crippen molar-refractivity contribution < 1.29 is 24.2 Å². The van der Waals surface area contributed by atoms with Gasteiger partial charge < -0.3 is 19.3 Å². The maximum atomic E-state index is 12.5. The first kappa shape index (κ1) is 28.0. The normalized spacial score (nSPS) is 20.5. The minimum absolute atomic E-state index is 0.314. The number of ether oxygens (including phenoxy) is 3. The molecule has 1 saturated heterocycles. The van der Waals surface area contributed by atoms with Crippen molar-refractivity contribution in [3.05, 3.63) is 145 Å². The monoisotopic (exact) mass is 559 g/mol. The van der Waals surface area contributed by atoms with Crippen molar-refractivity contribution in [3.63, 3.8) is 0 Å². The van der Waals surface area contributed by atoms with Gasteiger partial charge in [-0.05, 0) is 28.8 Å². The van der Waals surface area contributed by atoms with E-state index in [9.17, 15) is 24.8 Å². The van der Waals surface area contributed by atoms with Crippen LogP contribution in [0.25, 0.3) is 0 Å². The molecule has 4 aromatic rings. The molecule has 0 unspecified atom stereocenters. The fraction of sp³-hybridized carbons (Fsp3) is 0.267. The molecule has 5 rings (SSSR count). The highest BCUT2D eigenvalue weighted by Gasteiger charge is 2.60.